The molecule has 7 nitrogen and oxygen atoms in total. The Kier molecular flexibility index (Phi) is 7.02. The monoisotopic (exact) mass is 532 g/mol. The Bertz CT molecular complexity index is 1170. The molecule has 0 atom stereocenters. The smallest absolute Gasteiger partial charge is 0.341 e. The molecule has 0 fully saturated rings. The van der Waals surface area contributed by atoms with Crippen LogP contribution >= 0.6 is 39.5 Å². The van der Waals surface area contributed by atoms with E-state index in [1.165, 1.54) is 23.3 Å². The van der Waals surface area contributed by atoms with Crippen LogP contribution < -0.4 is 10.6 Å². The number of anilines is 1. The minimum absolute atomic E-state index is 0.143. The molecule has 4 rings (SSSR count). The van der Waals surface area contributed by atoms with Gasteiger partial charge in [0, 0.05) is 16.6 Å². The number of halogens is 1. The lowest BCUT2D eigenvalue weighted by Gasteiger charge is -2.12. The van der Waals surface area contributed by atoms with Crippen molar-refractivity contribution < 1.29 is 14.3 Å². The van der Waals surface area contributed by atoms with E-state index >= 15 is 0 Å². The molecule has 1 aromatic carbocycles. The molecule has 0 spiro atoms. The summed E-state index contributed by atoms with van der Waals surface area (Å²) in [5.74, 6) is -0.711. The van der Waals surface area contributed by atoms with Gasteiger partial charge >= 0.3 is 5.97 Å². The summed E-state index contributed by atoms with van der Waals surface area (Å²) in [5.41, 5.74) is 3.06. The summed E-state index contributed by atoms with van der Waals surface area (Å²) >= 11 is 10.2. The number of aryl methyl sites for hydroxylation is 1. The molecule has 2 aromatic heterocycles. The van der Waals surface area contributed by atoms with Gasteiger partial charge in [0.05, 0.1) is 29.9 Å². The van der Waals surface area contributed by atoms with E-state index < -0.39 is 0 Å². The van der Waals surface area contributed by atoms with Crippen LogP contribution in [0.3, 0.4) is 0 Å². The maximum atomic E-state index is 12.6. The number of ether oxygens (including phenoxy) is 1. The maximum absolute atomic E-state index is 12.6. The highest BCUT2D eigenvalue weighted by Crippen LogP contribution is 2.38. The van der Waals surface area contributed by atoms with Crippen LogP contribution in [0.2, 0.25) is 0 Å². The molecule has 1 aliphatic rings. The van der Waals surface area contributed by atoms with Gasteiger partial charge in [-0.2, -0.15) is 5.10 Å². The van der Waals surface area contributed by atoms with Gasteiger partial charge in [0.1, 0.15) is 5.00 Å². The molecule has 1 aliphatic carbocycles. The summed E-state index contributed by atoms with van der Waals surface area (Å²) < 4.78 is 7.69. The number of fused-ring (bicyclic) bond motifs is 1. The minimum Gasteiger partial charge on any atom is -0.465 e. The van der Waals surface area contributed by atoms with Gasteiger partial charge in [0.25, 0.3) is 5.91 Å². The zero-order valence-electron chi connectivity index (χ0n) is 17.3. The number of thiocarbonyl (C=S) groups is 1. The predicted molar refractivity (Wildman–Crippen MR) is 131 cm³/mol. The van der Waals surface area contributed by atoms with Crippen molar-refractivity contribution in [2.45, 2.75) is 32.2 Å². The summed E-state index contributed by atoms with van der Waals surface area (Å²) in [7, 11) is 1.37. The largest absolute Gasteiger partial charge is 0.465 e. The van der Waals surface area contributed by atoms with Gasteiger partial charge in [-0.15, -0.1) is 11.3 Å². The Labute approximate surface area is 203 Å². The Morgan fingerprint density at radius 2 is 2.00 bits per heavy atom. The number of aromatic nitrogens is 2. The number of rotatable bonds is 5. The number of nitrogens with zero attached hydrogens (tertiary/aromatic N) is 2. The SMILES string of the molecule is COC(=O)c1c(NC(=S)NC(=O)c2ccc(Cn3cc(Br)cn3)cc2)sc2c1CCCC2. The Morgan fingerprint density at radius 1 is 1.25 bits per heavy atom. The van der Waals surface area contributed by atoms with Crippen molar-refractivity contribution in [3.8, 4) is 0 Å². The number of hydrogen-bond acceptors (Lipinski definition) is 6. The predicted octanol–water partition coefficient (Wildman–Crippen LogP) is 4.55. The first-order chi connectivity index (χ1) is 15.4. The number of nitrogens with one attached hydrogen (secondary N) is 2. The van der Waals surface area contributed by atoms with Crippen LogP contribution in [-0.2, 0) is 24.1 Å². The quantitative estimate of drug-likeness (QED) is 0.370. The zero-order valence-corrected chi connectivity index (χ0v) is 20.5. The van der Waals surface area contributed by atoms with Crippen molar-refractivity contribution >= 4 is 61.5 Å². The molecule has 2 heterocycles. The first kappa shape index (κ1) is 22.6. The second-order valence-electron chi connectivity index (χ2n) is 7.37. The van der Waals surface area contributed by atoms with E-state index in [-0.39, 0.29) is 17.0 Å². The van der Waals surface area contributed by atoms with E-state index in [0.717, 1.165) is 41.3 Å². The molecule has 2 N–H and O–H groups in total. The van der Waals surface area contributed by atoms with Gasteiger partial charge in [-0.3, -0.25) is 14.8 Å². The number of thiophene rings is 1. The molecule has 0 unspecified atom stereocenters. The highest BCUT2D eigenvalue weighted by molar-refractivity contribution is 9.10. The van der Waals surface area contributed by atoms with Crippen LogP contribution in [0.1, 0.15) is 49.6 Å². The summed E-state index contributed by atoms with van der Waals surface area (Å²) in [4.78, 5) is 26.2. The first-order valence-electron chi connectivity index (χ1n) is 10.1. The fourth-order valence-electron chi connectivity index (χ4n) is 3.65. The van der Waals surface area contributed by atoms with Crippen molar-refractivity contribution in [1.29, 1.82) is 0 Å². The third-order valence-corrected chi connectivity index (χ3v) is 7.00. The van der Waals surface area contributed by atoms with E-state index in [2.05, 4.69) is 31.7 Å². The van der Waals surface area contributed by atoms with Gasteiger partial charge in [-0.25, -0.2) is 4.79 Å². The maximum Gasteiger partial charge on any atom is 0.341 e. The fourth-order valence-corrected chi connectivity index (χ4v) is 5.52. The summed E-state index contributed by atoms with van der Waals surface area (Å²) in [6.45, 7) is 0.604. The van der Waals surface area contributed by atoms with Crippen LogP contribution in [0.5, 0.6) is 0 Å². The van der Waals surface area contributed by atoms with Gasteiger partial charge in [-0.05, 0) is 77.1 Å². The minimum atomic E-state index is -0.388. The molecule has 0 aliphatic heterocycles. The van der Waals surface area contributed by atoms with E-state index in [1.54, 1.807) is 23.0 Å². The van der Waals surface area contributed by atoms with Gasteiger partial charge in [0.2, 0.25) is 0 Å². The molecule has 0 saturated carbocycles. The number of benzene rings is 1. The van der Waals surface area contributed by atoms with Crippen molar-refractivity contribution in [3.63, 3.8) is 0 Å². The fraction of sp³-hybridized carbons (Fsp3) is 0.273. The standard InChI is InChI=1S/C22H21BrN4O3S2/c1-30-21(29)18-16-4-2-3-5-17(16)32-20(18)26-22(31)25-19(28)14-8-6-13(7-9-14)11-27-12-15(23)10-24-27/h6-10,12H,2-5,11H2,1H3,(H2,25,26,28,31). The van der Waals surface area contributed by atoms with Crippen LogP contribution in [-0.4, -0.2) is 33.9 Å². The van der Waals surface area contributed by atoms with Gasteiger partial charge in [-0.1, -0.05) is 12.1 Å². The number of hydrogen-bond donors (Lipinski definition) is 2. The average Bonchev–Trinajstić information content (AvgIpc) is 3.36. The molecule has 166 valence electrons. The number of esters is 1. The number of carbonyl (C=O) groups excluding carboxylic acids is 2. The molecule has 1 amide bonds. The molecule has 0 radical (unpaired) electrons. The molecule has 0 saturated heterocycles. The third-order valence-electron chi connectivity index (χ3n) is 5.18. The molecular weight excluding hydrogens is 512 g/mol. The van der Waals surface area contributed by atoms with Crippen LogP contribution in [0.25, 0.3) is 0 Å². The average molecular weight is 533 g/mol. The molecular formula is C22H21BrN4O3S2. The van der Waals surface area contributed by atoms with Crippen molar-refractivity contribution in [2.24, 2.45) is 0 Å². The lowest BCUT2D eigenvalue weighted by atomic mass is 9.95. The van der Waals surface area contributed by atoms with Crippen molar-refractivity contribution in [2.75, 3.05) is 12.4 Å². The zero-order chi connectivity index (χ0) is 22.7. The second kappa shape index (κ2) is 9.93. The van der Waals surface area contributed by atoms with Crippen molar-refractivity contribution in [1.82, 2.24) is 15.1 Å². The van der Waals surface area contributed by atoms with E-state index in [9.17, 15) is 9.59 Å². The first-order valence-corrected chi connectivity index (χ1v) is 12.1. The lowest BCUT2D eigenvalue weighted by Crippen LogP contribution is -2.34. The lowest BCUT2D eigenvalue weighted by molar-refractivity contribution is 0.0601. The van der Waals surface area contributed by atoms with Crippen LogP contribution in [0.15, 0.2) is 41.1 Å². The number of methoxy groups -OCH3 is 1. The Balaban J connectivity index is 1.41. The van der Waals surface area contributed by atoms with Crippen molar-refractivity contribution in [3.05, 3.63) is 68.3 Å². The molecule has 10 heteroatoms. The normalized spacial score (nSPS) is 12.7. The number of amides is 1. The topological polar surface area (TPSA) is 85.3 Å². The van der Waals surface area contributed by atoms with Crippen LogP contribution in [0, 0.1) is 0 Å². The Morgan fingerprint density at radius 3 is 2.69 bits per heavy atom. The molecule has 0 bridgehead atoms. The van der Waals surface area contributed by atoms with E-state index in [1.807, 2.05) is 18.3 Å². The summed E-state index contributed by atoms with van der Waals surface area (Å²) in [5, 5.41) is 10.7. The summed E-state index contributed by atoms with van der Waals surface area (Å²) in [6.07, 6.45) is 7.54. The van der Waals surface area contributed by atoms with Gasteiger partial charge < -0.3 is 10.1 Å². The summed E-state index contributed by atoms with van der Waals surface area (Å²) in [6, 6.07) is 7.25. The van der Waals surface area contributed by atoms with E-state index in [0.29, 0.717) is 22.7 Å². The molecule has 3 aromatic rings. The Hall–Kier alpha value is -2.56. The van der Waals surface area contributed by atoms with E-state index in [4.69, 9.17) is 17.0 Å². The highest BCUT2D eigenvalue weighted by atomic mass is 79.9. The van der Waals surface area contributed by atoms with Crippen LogP contribution in [0.4, 0.5) is 5.00 Å². The molecule has 32 heavy (non-hydrogen) atoms. The second-order valence-corrected chi connectivity index (χ2v) is 9.80. The highest BCUT2D eigenvalue weighted by Gasteiger charge is 2.26. The number of carbonyl (C=O) groups is 2. The third kappa shape index (κ3) is 5.08. The van der Waals surface area contributed by atoms with Gasteiger partial charge in [0.15, 0.2) is 5.11 Å².